The molecule has 108 valence electrons. The fraction of sp³-hybridized carbons (Fsp3) is 0.562. The van der Waals surface area contributed by atoms with E-state index in [2.05, 4.69) is 43.6 Å². The van der Waals surface area contributed by atoms with Crippen molar-refractivity contribution in [3.8, 4) is 0 Å². The Bertz CT molecular complexity index is 514. The molecule has 3 rings (SSSR count). The molecule has 1 saturated heterocycles. The SMILES string of the molecule is C[C@H]1CC(C)(C)C[C@]2(C1)NC(=S)N(c1ccccc1)N2. The van der Waals surface area contributed by atoms with E-state index in [1.807, 2.05) is 23.2 Å². The van der Waals surface area contributed by atoms with E-state index in [-0.39, 0.29) is 5.66 Å². The highest BCUT2D eigenvalue weighted by Gasteiger charge is 2.48. The maximum absolute atomic E-state index is 5.54. The molecule has 1 spiro atoms. The Morgan fingerprint density at radius 2 is 1.90 bits per heavy atom. The molecule has 0 bridgehead atoms. The van der Waals surface area contributed by atoms with E-state index in [1.165, 1.54) is 6.42 Å². The minimum atomic E-state index is -0.0892. The topological polar surface area (TPSA) is 27.3 Å². The second-order valence-electron chi connectivity index (χ2n) is 7.15. The summed E-state index contributed by atoms with van der Waals surface area (Å²) in [5, 5.41) is 6.35. The molecule has 2 atom stereocenters. The van der Waals surface area contributed by atoms with Gasteiger partial charge in [0.05, 0.1) is 5.69 Å². The highest BCUT2D eigenvalue weighted by Crippen LogP contribution is 2.44. The summed E-state index contributed by atoms with van der Waals surface area (Å²) in [7, 11) is 0. The van der Waals surface area contributed by atoms with Crippen LogP contribution in [0.4, 0.5) is 5.69 Å². The number of hydrazine groups is 1. The van der Waals surface area contributed by atoms with Gasteiger partial charge >= 0.3 is 0 Å². The molecule has 2 aliphatic rings. The van der Waals surface area contributed by atoms with Crippen LogP contribution in [0.5, 0.6) is 0 Å². The Morgan fingerprint density at radius 3 is 2.55 bits per heavy atom. The lowest BCUT2D eigenvalue weighted by Gasteiger charge is -2.45. The zero-order valence-corrected chi connectivity index (χ0v) is 13.3. The maximum atomic E-state index is 5.54. The second kappa shape index (κ2) is 4.71. The van der Waals surface area contributed by atoms with Crippen molar-refractivity contribution in [3.63, 3.8) is 0 Å². The zero-order chi connectivity index (χ0) is 14.4. The standard InChI is InChI=1S/C16H23N3S/c1-12-9-15(2,3)11-16(10-12)17-14(20)19(18-16)13-7-5-4-6-8-13/h4-8,12,18H,9-11H2,1-3H3,(H,17,20)/t12-,16+/m0/s1. The van der Waals surface area contributed by atoms with Gasteiger partial charge in [0.15, 0.2) is 5.11 Å². The fourth-order valence-electron chi connectivity index (χ4n) is 4.06. The summed E-state index contributed by atoms with van der Waals surface area (Å²) in [6.45, 7) is 7.03. The number of hydrogen-bond acceptors (Lipinski definition) is 2. The minimum absolute atomic E-state index is 0.0892. The Hall–Kier alpha value is -1.13. The summed E-state index contributed by atoms with van der Waals surface area (Å²) in [4.78, 5) is 0. The van der Waals surface area contributed by atoms with Crippen molar-refractivity contribution >= 4 is 23.0 Å². The van der Waals surface area contributed by atoms with Crippen LogP contribution in [0.15, 0.2) is 30.3 Å². The third-order valence-electron chi connectivity index (χ3n) is 4.27. The monoisotopic (exact) mass is 289 g/mol. The Labute approximate surface area is 126 Å². The predicted molar refractivity (Wildman–Crippen MR) is 87.3 cm³/mol. The van der Waals surface area contributed by atoms with E-state index in [0.29, 0.717) is 11.3 Å². The van der Waals surface area contributed by atoms with Gasteiger partial charge in [-0.2, -0.15) is 0 Å². The van der Waals surface area contributed by atoms with Crippen molar-refractivity contribution in [1.82, 2.24) is 10.7 Å². The molecule has 1 aliphatic heterocycles. The number of rotatable bonds is 1. The molecular weight excluding hydrogens is 266 g/mol. The number of thiocarbonyl (C=S) groups is 1. The Balaban J connectivity index is 1.86. The van der Waals surface area contributed by atoms with E-state index in [9.17, 15) is 0 Å². The molecule has 1 aromatic carbocycles. The van der Waals surface area contributed by atoms with E-state index in [4.69, 9.17) is 12.2 Å². The maximum Gasteiger partial charge on any atom is 0.189 e. The average Bonchev–Trinajstić information content (AvgIpc) is 2.63. The van der Waals surface area contributed by atoms with Crippen molar-refractivity contribution in [1.29, 1.82) is 0 Å². The molecule has 0 aromatic heterocycles. The van der Waals surface area contributed by atoms with Crippen LogP contribution in [0.3, 0.4) is 0 Å². The molecule has 0 radical (unpaired) electrons. The molecule has 0 amide bonds. The molecule has 1 saturated carbocycles. The first-order valence-electron chi connectivity index (χ1n) is 7.34. The lowest BCUT2D eigenvalue weighted by atomic mass is 9.68. The van der Waals surface area contributed by atoms with Crippen LogP contribution >= 0.6 is 12.2 Å². The fourth-order valence-corrected chi connectivity index (χ4v) is 4.41. The molecule has 4 heteroatoms. The average molecular weight is 289 g/mol. The summed E-state index contributed by atoms with van der Waals surface area (Å²) >= 11 is 5.54. The second-order valence-corrected chi connectivity index (χ2v) is 7.54. The lowest BCUT2D eigenvalue weighted by Crippen LogP contribution is -2.57. The number of nitrogens with zero attached hydrogens (tertiary/aromatic N) is 1. The summed E-state index contributed by atoms with van der Waals surface area (Å²) in [5.74, 6) is 0.692. The van der Waals surface area contributed by atoms with Crippen LogP contribution < -0.4 is 15.8 Å². The molecule has 2 N–H and O–H groups in total. The first-order valence-corrected chi connectivity index (χ1v) is 7.75. The van der Waals surface area contributed by atoms with Gasteiger partial charge in [0.1, 0.15) is 5.66 Å². The summed E-state index contributed by atoms with van der Waals surface area (Å²) < 4.78 is 0. The van der Waals surface area contributed by atoms with E-state index in [0.717, 1.165) is 23.6 Å². The largest absolute Gasteiger partial charge is 0.342 e. The van der Waals surface area contributed by atoms with E-state index in [1.54, 1.807) is 0 Å². The van der Waals surface area contributed by atoms with Gasteiger partial charge in [-0.3, -0.25) is 5.01 Å². The predicted octanol–water partition coefficient (Wildman–Crippen LogP) is 3.43. The normalized spacial score (nSPS) is 32.5. The van der Waals surface area contributed by atoms with Crippen LogP contribution in [0, 0.1) is 11.3 Å². The van der Waals surface area contributed by atoms with Crippen molar-refractivity contribution in [2.24, 2.45) is 11.3 Å². The van der Waals surface area contributed by atoms with Crippen LogP contribution in [0.2, 0.25) is 0 Å². The van der Waals surface area contributed by atoms with E-state index >= 15 is 0 Å². The first-order chi connectivity index (χ1) is 9.39. The number of benzene rings is 1. The van der Waals surface area contributed by atoms with Crippen LogP contribution in [0.25, 0.3) is 0 Å². The summed E-state index contributed by atoms with van der Waals surface area (Å²) in [5.41, 5.74) is 4.98. The Morgan fingerprint density at radius 1 is 1.20 bits per heavy atom. The third-order valence-corrected chi connectivity index (χ3v) is 4.55. The lowest BCUT2D eigenvalue weighted by molar-refractivity contribution is 0.0828. The van der Waals surface area contributed by atoms with Gasteiger partial charge in [-0.25, -0.2) is 5.43 Å². The number of anilines is 1. The highest BCUT2D eigenvalue weighted by molar-refractivity contribution is 7.80. The van der Waals surface area contributed by atoms with Crippen LogP contribution in [-0.2, 0) is 0 Å². The van der Waals surface area contributed by atoms with Crippen molar-refractivity contribution in [2.75, 3.05) is 5.01 Å². The molecule has 1 aliphatic carbocycles. The summed E-state index contributed by atoms with van der Waals surface area (Å²) in [6, 6.07) is 10.3. The van der Waals surface area contributed by atoms with Crippen LogP contribution in [-0.4, -0.2) is 10.8 Å². The van der Waals surface area contributed by atoms with Gasteiger partial charge in [-0.1, -0.05) is 39.0 Å². The van der Waals surface area contributed by atoms with Gasteiger partial charge < -0.3 is 5.32 Å². The number of nitrogens with one attached hydrogen (secondary N) is 2. The molecule has 0 unspecified atom stereocenters. The third kappa shape index (κ3) is 2.54. The van der Waals surface area contributed by atoms with Gasteiger partial charge in [0.2, 0.25) is 0 Å². The number of hydrogen-bond donors (Lipinski definition) is 2. The smallest absolute Gasteiger partial charge is 0.189 e. The van der Waals surface area contributed by atoms with Gasteiger partial charge in [-0.15, -0.1) is 0 Å². The quantitative estimate of drug-likeness (QED) is 0.775. The van der Waals surface area contributed by atoms with Crippen LogP contribution in [0.1, 0.15) is 40.0 Å². The molecule has 3 nitrogen and oxygen atoms in total. The Kier molecular flexibility index (Phi) is 3.26. The molecule has 20 heavy (non-hydrogen) atoms. The van der Waals surface area contributed by atoms with E-state index < -0.39 is 0 Å². The number of para-hydroxylation sites is 1. The van der Waals surface area contributed by atoms with Crippen molar-refractivity contribution in [2.45, 2.75) is 45.7 Å². The van der Waals surface area contributed by atoms with Gasteiger partial charge in [0.25, 0.3) is 0 Å². The first kappa shape index (κ1) is 13.8. The highest BCUT2D eigenvalue weighted by atomic mass is 32.1. The van der Waals surface area contributed by atoms with Crippen molar-refractivity contribution in [3.05, 3.63) is 30.3 Å². The van der Waals surface area contributed by atoms with Crippen molar-refractivity contribution < 1.29 is 0 Å². The zero-order valence-electron chi connectivity index (χ0n) is 12.4. The molecule has 1 heterocycles. The van der Waals surface area contributed by atoms with Gasteiger partial charge in [0, 0.05) is 0 Å². The molecule has 2 fully saturated rings. The summed E-state index contributed by atoms with van der Waals surface area (Å²) in [6.07, 6.45) is 3.48. The molecular formula is C16H23N3S. The van der Waals surface area contributed by atoms with Gasteiger partial charge in [-0.05, 0) is 54.9 Å². The molecule has 1 aromatic rings. The minimum Gasteiger partial charge on any atom is -0.342 e.